The van der Waals surface area contributed by atoms with Crippen LogP contribution >= 0.6 is 11.6 Å². The molecule has 0 aromatic heterocycles. The van der Waals surface area contributed by atoms with E-state index in [1.54, 1.807) is 12.1 Å². The normalized spacial score (nSPS) is 10.6. The summed E-state index contributed by atoms with van der Waals surface area (Å²) in [5, 5.41) is 3.84. The quantitative estimate of drug-likeness (QED) is 0.881. The van der Waals surface area contributed by atoms with E-state index in [-0.39, 0.29) is 5.82 Å². The summed E-state index contributed by atoms with van der Waals surface area (Å²) in [6, 6.07) is 12.4. The van der Waals surface area contributed by atoms with Crippen LogP contribution in [0, 0.1) is 5.82 Å². The first-order valence-corrected chi connectivity index (χ1v) is 6.99. The number of nitrogens with one attached hydrogen (secondary N) is 1. The van der Waals surface area contributed by atoms with E-state index in [4.69, 9.17) is 11.6 Å². The van der Waals surface area contributed by atoms with Crippen LogP contribution in [0.25, 0.3) is 0 Å². The molecule has 0 aliphatic carbocycles. The van der Waals surface area contributed by atoms with Gasteiger partial charge in [0, 0.05) is 29.5 Å². The van der Waals surface area contributed by atoms with Crippen molar-refractivity contribution in [3.05, 3.63) is 58.9 Å². The fraction of sp³-hybridized carbons (Fsp3) is 0.250. The Morgan fingerprint density at radius 2 is 2.00 bits per heavy atom. The summed E-state index contributed by atoms with van der Waals surface area (Å²) >= 11 is 6.07. The fourth-order valence-electron chi connectivity index (χ4n) is 2.29. The maximum Gasteiger partial charge on any atom is 0.125 e. The summed E-state index contributed by atoms with van der Waals surface area (Å²) in [5.41, 5.74) is 2.97. The molecule has 0 heterocycles. The molecule has 0 unspecified atom stereocenters. The minimum Gasteiger partial charge on any atom is -0.341 e. The second kappa shape index (κ2) is 6.73. The molecule has 0 spiro atoms. The Morgan fingerprint density at radius 1 is 1.20 bits per heavy atom. The van der Waals surface area contributed by atoms with Gasteiger partial charge in [-0.1, -0.05) is 17.7 Å². The first-order valence-electron chi connectivity index (χ1n) is 6.62. The number of nitrogens with zero attached hydrogens (tertiary/aromatic N) is 1. The van der Waals surface area contributed by atoms with Crippen LogP contribution in [-0.4, -0.2) is 13.6 Å². The summed E-state index contributed by atoms with van der Waals surface area (Å²) in [6.07, 6.45) is 0. The van der Waals surface area contributed by atoms with Crippen molar-refractivity contribution >= 4 is 23.0 Å². The molecule has 0 aliphatic rings. The summed E-state index contributed by atoms with van der Waals surface area (Å²) in [5.74, 6) is -0.231. The van der Waals surface area contributed by atoms with Crippen LogP contribution in [0.3, 0.4) is 0 Å². The van der Waals surface area contributed by atoms with Crippen molar-refractivity contribution in [2.75, 3.05) is 18.5 Å². The highest BCUT2D eigenvalue weighted by Crippen LogP contribution is 2.30. The molecule has 2 aromatic rings. The molecule has 1 N–H and O–H groups in total. The third kappa shape index (κ3) is 3.30. The van der Waals surface area contributed by atoms with Crippen molar-refractivity contribution < 1.29 is 4.39 Å². The van der Waals surface area contributed by atoms with Gasteiger partial charge in [0.05, 0.1) is 0 Å². The van der Waals surface area contributed by atoms with E-state index in [0.717, 1.165) is 23.5 Å². The van der Waals surface area contributed by atoms with Gasteiger partial charge in [0.2, 0.25) is 0 Å². The molecule has 20 heavy (non-hydrogen) atoms. The average Bonchev–Trinajstić information content (AvgIpc) is 2.42. The van der Waals surface area contributed by atoms with E-state index in [1.807, 2.05) is 38.2 Å². The molecule has 0 atom stereocenters. The smallest absolute Gasteiger partial charge is 0.125 e. The molecular formula is C16H18ClFN2. The van der Waals surface area contributed by atoms with Crippen LogP contribution in [0.5, 0.6) is 0 Å². The number of hydrogen-bond acceptors (Lipinski definition) is 2. The molecule has 0 bridgehead atoms. The van der Waals surface area contributed by atoms with Gasteiger partial charge in [-0.25, -0.2) is 4.39 Å². The van der Waals surface area contributed by atoms with Crippen molar-refractivity contribution in [1.29, 1.82) is 0 Å². The van der Waals surface area contributed by atoms with Crippen molar-refractivity contribution in [1.82, 2.24) is 5.32 Å². The molecule has 4 heteroatoms. The lowest BCUT2D eigenvalue weighted by molar-refractivity contribution is 0.627. The first-order chi connectivity index (χ1) is 9.65. The highest BCUT2D eigenvalue weighted by Gasteiger charge is 2.12. The van der Waals surface area contributed by atoms with Crippen molar-refractivity contribution in [3.63, 3.8) is 0 Å². The Morgan fingerprint density at radius 3 is 2.65 bits per heavy atom. The van der Waals surface area contributed by atoms with E-state index in [2.05, 4.69) is 10.2 Å². The Kier molecular flexibility index (Phi) is 4.99. The van der Waals surface area contributed by atoms with Gasteiger partial charge in [-0.15, -0.1) is 0 Å². The van der Waals surface area contributed by atoms with Crippen LogP contribution in [-0.2, 0) is 6.54 Å². The summed E-state index contributed by atoms with van der Waals surface area (Å²) in [7, 11) is 1.89. The number of hydrogen-bond donors (Lipinski definition) is 1. The maximum absolute atomic E-state index is 13.4. The minimum absolute atomic E-state index is 0.231. The van der Waals surface area contributed by atoms with Gasteiger partial charge < -0.3 is 10.2 Å². The molecule has 2 rings (SSSR count). The van der Waals surface area contributed by atoms with E-state index in [1.165, 1.54) is 6.07 Å². The minimum atomic E-state index is -0.231. The Bertz CT molecular complexity index is 586. The second-order valence-electron chi connectivity index (χ2n) is 4.53. The van der Waals surface area contributed by atoms with E-state index >= 15 is 0 Å². The van der Waals surface area contributed by atoms with Gasteiger partial charge in [0.25, 0.3) is 0 Å². The van der Waals surface area contributed by atoms with Crippen molar-refractivity contribution in [2.45, 2.75) is 13.5 Å². The van der Waals surface area contributed by atoms with Crippen LogP contribution in [0.4, 0.5) is 15.8 Å². The van der Waals surface area contributed by atoms with Crippen molar-refractivity contribution in [2.24, 2.45) is 0 Å². The SMILES string of the molecule is CCN(c1cccc(F)c1)c1ccc(Cl)cc1CNC. The van der Waals surface area contributed by atoms with Gasteiger partial charge in [-0.2, -0.15) is 0 Å². The van der Waals surface area contributed by atoms with Gasteiger partial charge >= 0.3 is 0 Å². The van der Waals surface area contributed by atoms with Crippen molar-refractivity contribution in [3.8, 4) is 0 Å². The molecule has 0 saturated heterocycles. The fourth-order valence-corrected chi connectivity index (χ4v) is 2.48. The standard InChI is InChI=1S/C16H18ClFN2/c1-3-20(15-6-4-5-14(18)10-15)16-8-7-13(17)9-12(16)11-19-2/h4-10,19H,3,11H2,1-2H3. The van der Waals surface area contributed by atoms with Crippen LogP contribution in [0.1, 0.15) is 12.5 Å². The lowest BCUT2D eigenvalue weighted by Crippen LogP contribution is -2.19. The number of anilines is 2. The highest BCUT2D eigenvalue weighted by molar-refractivity contribution is 6.30. The van der Waals surface area contributed by atoms with Crippen LogP contribution in [0.15, 0.2) is 42.5 Å². The summed E-state index contributed by atoms with van der Waals surface area (Å²) in [4.78, 5) is 2.08. The number of halogens is 2. The monoisotopic (exact) mass is 292 g/mol. The summed E-state index contributed by atoms with van der Waals surface area (Å²) < 4.78 is 13.4. The van der Waals surface area contributed by atoms with Gasteiger partial charge in [-0.05, 0) is 55.9 Å². The van der Waals surface area contributed by atoms with Gasteiger partial charge in [-0.3, -0.25) is 0 Å². The molecular weight excluding hydrogens is 275 g/mol. The average molecular weight is 293 g/mol. The number of benzene rings is 2. The first kappa shape index (κ1) is 14.8. The summed E-state index contributed by atoms with van der Waals surface area (Å²) in [6.45, 7) is 3.51. The second-order valence-corrected chi connectivity index (χ2v) is 4.96. The molecule has 0 aliphatic heterocycles. The predicted octanol–water partition coefficient (Wildman–Crippen LogP) is 4.36. The van der Waals surface area contributed by atoms with E-state index in [0.29, 0.717) is 11.6 Å². The van der Waals surface area contributed by atoms with Crippen LogP contribution in [0.2, 0.25) is 5.02 Å². The number of rotatable bonds is 5. The Labute approximate surface area is 124 Å². The zero-order chi connectivity index (χ0) is 14.5. The lowest BCUT2D eigenvalue weighted by Gasteiger charge is -2.26. The maximum atomic E-state index is 13.4. The van der Waals surface area contributed by atoms with E-state index < -0.39 is 0 Å². The Balaban J connectivity index is 2.46. The largest absolute Gasteiger partial charge is 0.341 e. The van der Waals surface area contributed by atoms with E-state index in [9.17, 15) is 4.39 Å². The molecule has 0 saturated carbocycles. The third-order valence-electron chi connectivity index (χ3n) is 3.14. The van der Waals surface area contributed by atoms with Crippen LogP contribution < -0.4 is 10.2 Å². The molecule has 0 amide bonds. The van der Waals surface area contributed by atoms with Gasteiger partial charge in [0.15, 0.2) is 0 Å². The zero-order valence-corrected chi connectivity index (χ0v) is 12.4. The molecule has 2 aromatic carbocycles. The molecule has 106 valence electrons. The zero-order valence-electron chi connectivity index (χ0n) is 11.7. The molecule has 0 radical (unpaired) electrons. The highest BCUT2D eigenvalue weighted by atomic mass is 35.5. The Hall–Kier alpha value is -1.58. The molecule has 0 fully saturated rings. The topological polar surface area (TPSA) is 15.3 Å². The predicted molar refractivity (Wildman–Crippen MR) is 83.3 cm³/mol. The lowest BCUT2D eigenvalue weighted by atomic mass is 10.1. The molecule has 2 nitrogen and oxygen atoms in total. The van der Waals surface area contributed by atoms with Gasteiger partial charge in [0.1, 0.15) is 5.82 Å². The third-order valence-corrected chi connectivity index (χ3v) is 3.37.